The molecule has 2 N–H and O–H groups in total. The molecule has 0 aliphatic carbocycles. The van der Waals surface area contributed by atoms with Gasteiger partial charge in [0.1, 0.15) is 0 Å². The monoisotopic (exact) mass is 537 g/mol. The van der Waals surface area contributed by atoms with Crippen LogP contribution in [0.4, 0.5) is 11.4 Å². The second kappa shape index (κ2) is 10.5. The van der Waals surface area contributed by atoms with Crippen LogP contribution in [0, 0.1) is 13.8 Å². The molecule has 1 fully saturated rings. The summed E-state index contributed by atoms with van der Waals surface area (Å²) in [5.41, 5.74) is 3.81. The number of aliphatic imine (C=N–C) groups is 1. The summed E-state index contributed by atoms with van der Waals surface area (Å²) in [6.45, 7) is 3.68. The van der Waals surface area contributed by atoms with Crippen LogP contribution in [0.2, 0.25) is 0 Å². The summed E-state index contributed by atoms with van der Waals surface area (Å²) in [4.78, 5) is 43.7. The Bertz CT molecular complexity index is 1640. The second-order valence-corrected chi connectivity index (χ2v) is 9.87. The average molecular weight is 538 g/mol. The van der Waals surface area contributed by atoms with Crippen LogP contribution in [-0.4, -0.2) is 37.8 Å². The zero-order valence-corrected chi connectivity index (χ0v) is 21.8. The van der Waals surface area contributed by atoms with Crippen molar-refractivity contribution in [1.29, 1.82) is 0 Å². The van der Waals surface area contributed by atoms with Gasteiger partial charge in [-0.1, -0.05) is 36.4 Å². The van der Waals surface area contributed by atoms with E-state index in [-0.39, 0.29) is 17.0 Å². The molecule has 2 heterocycles. The molecule has 0 radical (unpaired) electrons. The van der Waals surface area contributed by atoms with Crippen LogP contribution in [-0.2, 0) is 4.79 Å². The molecular weight excluding hydrogens is 514 g/mol. The Labute approximate surface area is 228 Å². The first-order valence-corrected chi connectivity index (χ1v) is 12.8. The van der Waals surface area contributed by atoms with Gasteiger partial charge in [-0.15, -0.1) is 0 Å². The summed E-state index contributed by atoms with van der Waals surface area (Å²) in [5.74, 6) is -2.65. The van der Waals surface area contributed by atoms with Crippen molar-refractivity contribution in [2.24, 2.45) is 4.99 Å². The SMILES string of the molecule is Cc1cc(/C=C2\SC(=Nc3ccccc3)N(c3ccccc3)C2=O)c(C)n1-c1cc(C(=O)O)cc(C(=O)O)c1. The van der Waals surface area contributed by atoms with Gasteiger partial charge in [0.25, 0.3) is 5.91 Å². The van der Waals surface area contributed by atoms with Crippen LogP contribution in [0.5, 0.6) is 0 Å². The van der Waals surface area contributed by atoms with E-state index in [4.69, 9.17) is 4.99 Å². The number of nitrogens with zero attached hydrogens (tertiary/aromatic N) is 3. The lowest BCUT2D eigenvalue weighted by Crippen LogP contribution is -2.28. The largest absolute Gasteiger partial charge is 0.478 e. The van der Waals surface area contributed by atoms with E-state index >= 15 is 0 Å². The summed E-state index contributed by atoms with van der Waals surface area (Å²) >= 11 is 1.27. The van der Waals surface area contributed by atoms with Gasteiger partial charge < -0.3 is 14.8 Å². The molecule has 5 rings (SSSR count). The molecule has 0 saturated carbocycles. The van der Waals surface area contributed by atoms with Crippen LogP contribution >= 0.6 is 11.8 Å². The fourth-order valence-electron chi connectivity index (χ4n) is 4.43. The Morgan fingerprint density at radius 1 is 0.821 bits per heavy atom. The number of aromatic carboxylic acids is 2. The third kappa shape index (κ3) is 5.12. The Morgan fingerprint density at radius 3 is 2.00 bits per heavy atom. The molecule has 1 amide bonds. The standard InChI is InChI=1S/C30H23N3O5S/c1-18-13-20(19(2)32(18)25-15-21(28(35)36)14-22(16-25)29(37)38)17-26-27(34)33(24-11-7-4-8-12-24)30(39-26)31-23-9-5-3-6-10-23/h3-17H,1-2H3,(H,35,36)(H,37,38)/b26-17-,31-30?. The Balaban J connectivity index is 1.59. The molecule has 0 spiro atoms. The second-order valence-electron chi connectivity index (χ2n) is 8.86. The predicted molar refractivity (Wildman–Crippen MR) is 152 cm³/mol. The lowest BCUT2D eigenvalue weighted by atomic mass is 10.1. The summed E-state index contributed by atoms with van der Waals surface area (Å²) in [6.07, 6.45) is 1.79. The summed E-state index contributed by atoms with van der Waals surface area (Å²) in [7, 11) is 0. The van der Waals surface area contributed by atoms with Gasteiger partial charge in [0.15, 0.2) is 5.17 Å². The molecule has 3 aromatic carbocycles. The average Bonchev–Trinajstić information content (AvgIpc) is 3.38. The minimum atomic E-state index is -1.22. The molecule has 1 saturated heterocycles. The van der Waals surface area contributed by atoms with E-state index in [1.165, 1.54) is 23.9 Å². The Morgan fingerprint density at radius 2 is 1.41 bits per heavy atom. The van der Waals surface area contributed by atoms with E-state index in [0.717, 1.165) is 28.7 Å². The molecule has 1 aromatic heterocycles. The first-order chi connectivity index (χ1) is 18.7. The van der Waals surface area contributed by atoms with Gasteiger partial charge in [-0.25, -0.2) is 14.6 Å². The highest BCUT2D eigenvalue weighted by Crippen LogP contribution is 2.38. The lowest BCUT2D eigenvalue weighted by molar-refractivity contribution is -0.113. The van der Waals surface area contributed by atoms with Crippen LogP contribution in [0.15, 0.2) is 94.8 Å². The van der Waals surface area contributed by atoms with Gasteiger partial charge in [-0.3, -0.25) is 9.69 Å². The number of carboxylic acids is 2. The summed E-state index contributed by atoms with van der Waals surface area (Å²) in [5, 5.41) is 19.5. The van der Waals surface area contributed by atoms with Crippen molar-refractivity contribution in [2.45, 2.75) is 13.8 Å². The van der Waals surface area contributed by atoms with E-state index in [2.05, 4.69) is 0 Å². The van der Waals surface area contributed by atoms with Crippen molar-refractivity contribution in [1.82, 2.24) is 4.57 Å². The number of rotatable bonds is 6. The number of para-hydroxylation sites is 2. The maximum Gasteiger partial charge on any atom is 0.335 e. The third-order valence-corrected chi connectivity index (χ3v) is 7.20. The highest BCUT2D eigenvalue weighted by molar-refractivity contribution is 8.19. The van der Waals surface area contributed by atoms with Crippen molar-refractivity contribution < 1.29 is 24.6 Å². The van der Waals surface area contributed by atoms with E-state index in [1.807, 2.05) is 80.6 Å². The zero-order chi connectivity index (χ0) is 27.7. The van der Waals surface area contributed by atoms with E-state index in [9.17, 15) is 24.6 Å². The Kier molecular flexibility index (Phi) is 6.91. The number of carboxylic acid groups (broad SMARTS) is 2. The number of carbonyl (C=O) groups excluding carboxylic acids is 1. The zero-order valence-electron chi connectivity index (χ0n) is 21.0. The molecule has 0 atom stereocenters. The van der Waals surface area contributed by atoms with Gasteiger partial charge in [0, 0.05) is 17.1 Å². The third-order valence-electron chi connectivity index (χ3n) is 6.23. The smallest absolute Gasteiger partial charge is 0.335 e. The number of amides is 1. The van der Waals surface area contributed by atoms with Gasteiger partial charge >= 0.3 is 11.9 Å². The number of hydrogen-bond acceptors (Lipinski definition) is 5. The molecule has 39 heavy (non-hydrogen) atoms. The van der Waals surface area contributed by atoms with Crippen molar-refractivity contribution in [3.05, 3.63) is 118 Å². The van der Waals surface area contributed by atoms with Crippen molar-refractivity contribution in [3.63, 3.8) is 0 Å². The Hall–Kier alpha value is -4.89. The fourth-order valence-corrected chi connectivity index (χ4v) is 5.42. The fraction of sp³-hybridized carbons (Fsp3) is 0.0667. The number of carbonyl (C=O) groups is 3. The molecule has 8 nitrogen and oxygen atoms in total. The molecule has 0 bridgehead atoms. The topological polar surface area (TPSA) is 112 Å². The number of hydrogen-bond donors (Lipinski definition) is 2. The van der Waals surface area contributed by atoms with Gasteiger partial charge in [0.2, 0.25) is 0 Å². The number of thioether (sulfide) groups is 1. The van der Waals surface area contributed by atoms with Gasteiger partial charge in [-0.05, 0) is 85.8 Å². The molecule has 0 unspecified atom stereocenters. The normalized spacial score (nSPS) is 15.3. The maximum atomic E-state index is 13.6. The molecule has 194 valence electrons. The molecule has 4 aromatic rings. The number of amidine groups is 1. The minimum Gasteiger partial charge on any atom is -0.478 e. The van der Waals surface area contributed by atoms with Crippen LogP contribution in [0.25, 0.3) is 11.8 Å². The van der Waals surface area contributed by atoms with Gasteiger partial charge in [-0.2, -0.15) is 0 Å². The lowest BCUT2D eigenvalue weighted by Gasteiger charge is -2.15. The quantitative estimate of drug-likeness (QED) is 0.279. The van der Waals surface area contributed by atoms with E-state index < -0.39 is 11.9 Å². The van der Waals surface area contributed by atoms with E-state index in [0.29, 0.717) is 21.4 Å². The van der Waals surface area contributed by atoms with E-state index in [1.54, 1.807) is 15.5 Å². The first kappa shape index (κ1) is 25.7. The van der Waals surface area contributed by atoms with Crippen molar-refractivity contribution >= 4 is 52.2 Å². The highest BCUT2D eigenvalue weighted by Gasteiger charge is 2.35. The van der Waals surface area contributed by atoms with Crippen molar-refractivity contribution in [2.75, 3.05) is 4.90 Å². The van der Waals surface area contributed by atoms with Crippen molar-refractivity contribution in [3.8, 4) is 5.69 Å². The highest BCUT2D eigenvalue weighted by atomic mass is 32.2. The molecule has 1 aliphatic rings. The van der Waals surface area contributed by atoms with Crippen LogP contribution < -0.4 is 4.90 Å². The predicted octanol–water partition coefficient (Wildman–Crippen LogP) is 6.30. The number of aromatic nitrogens is 1. The first-order valence-electron chi connectivity index (χ1n) is 12.0. The summed E-state index contributed by atoms with van der Waals surface area (Å²) < 4.78 is 1.78. The van der Waals surface area contributed by atoms with Gasteiger partial charge in [0.05, 0.1) is 27.4 Å². The molecular formula is C30H23N3O5S. The number of benzene rings is 3. The maximum absolute atomic E-state index is 13.6. The molecule has 9 heteroatoms. The van der Waals surface area contributed by atoms with Crippen LogP contribution in [0.1, 0.15) is 37.7 Å². The molecule has 1 aliphatic heterocycles. The number of anilines is 1. The summed E-state index contributed by atoms with van der Waals surface area (Å²) in [6, 6.07) is 24.6. The number of aryl methyl sites for hydroxylation is 1. The minimum absolute atomic E-state index is 0.126. The van der Waals surface area contributed by atoms with Crippen LogP contribution in [0.3, 0.4) is 0 Å².